The number of nitrogens with two attached hydrogens (primary N) is 1. The summed E-state index contributed by atoms with van der Waals surface area (Å²) in [5.41, 5.74) is 6.34. The fourth-order valence-electron chi connectivity index (χ4n) is 2.75. The highest BCUT2D eigenvalue weighted by atomic mass is 79.9. The second-order valence-corrected chi connectivity index (χ2v) is 5.82. The largest absolute Gasteiger partial charge is 0.396 e. The molecule has 1 aromatic rings. The van der Waals surface area contributed by atoms with Crippen molar-refractivity contribution < 1.29 is 9.50 Å². The lowest BCUT2D eigenvalue weighted by Gasteiger charge is -2.27. The molecule has 1 aliphatic heterocycles. The molecule has 0 amide bonds. The van der Waals surface area contributed by atoms with Crippen LogP contribution in [0.4, 0.5) is 10.1 Å². The Labute approximate surface area is 126 Å². The Hall–Kier alpha value is -1.14. The van der Waals surface area contributed by atoms with E-state index in [4.69, 9.17) is 16.2 Å². The summed E-state index contributed by atoms with van der Waals surface area (Å²) in [5.74, 6) is -0.519. The minimum atomic E-state index is -0.367. The molecule has 2 rings (SSSR count). The first-order valence-electron chi connectivity index (χ1n) is 6.76. The van der Waals surface area contributed by atoms with Gasteiger partial charge in [-0.05, 0) is 53.7 Å². The van der Waals surface area contributed by atoms with E-state index >= 15 is 0 Å². The van der Waals surface area contributed by atoms with Crippen LogP contribution in [0.15, 0.2) is 16.6 Å². The zero-order chi connectivity index (χ0) is 14.7. The maximum Gasteiger partial charge on any atom is 0.161 e. The van der Waals surface area contributed by atoms with E-state index in [1.54, 1.807) is 12.1 Å². The third-order valence-electron chi connectivity index (χ3n) is 3.73. The quantitative estimate of drug-likeness (QED) is 0.568. The number of benzene rings is 1. The Morgan fingerprint density at radius 2 is 2.30 bits per heavy atom. The number of rotatable bonds is 5. The number of halogens is 2. The molecular formula is C14H19BrFN3O. The fraction of sp³-hybridized carbons (Fsp3) is 0.500. The number of nitrogen functional groups attached to an aromatic ring is 1. The van der Waals surface area contributed by atoms with Gasteiger partial charge in [-0.1, -0.05) is 0 Å². The second kappa shape index (κ2) is 6.54. The molecule has 1 atom stereocenters. The molecule has 0 saturated carbocycles. The van der Waals surface area contributed by atoms with E-state index in [9.17, 15) is 4.39 Å². The molecule has 1 aromatic carbocycles. The topological polar surface area (TPSA) is 73.3 Å². The molecule has 0 spiro atoms. The number of nitrogens with one attached hydrogen (secondary N) is 1. The zero-order valence-corrected chi connectivity index (χ0v) is 12.8. The van der Waals surface area contributed by atoms with E-state index in [1.165, 1.54) is 0 Å². The van der Waals surface area contributed by atoms with Gasteiger partial charge in [0, 0.05) is 24.8 Å². The van der Waals surface area contributed by atoms with Crippen LogP contribution in [0.25, 0.3) is 0 Å². The first-order valence-corrected chi connectivity index (χ1v) is 7.55. The summed E-state index contributed by atoms with van der Waals surface area (Å²) in [6.07, 6.45) is 3.64. The summed E-state index contributed by atoms with van der Waals surface area (Å²) in [5, 5.41) is 16.4. The molecule has 4 N–H and O–H groups in total. The standard InChI is InChI=1S/C14H19BrFN3O/c15-12-10(14(17)18)5-6-11(13(12)16)19-7-1-3-9(19)4-2-8-20/h5-6,9,20H,1-4,7-8H2,(H3,17,18). The van der Waals surface area contributed by atoms with Gasteiger partial charge >= 0.3 is 0 Å². The highest BCUT2D eigenvalue weighted by molar-refractivity contribution is 9.10. The Kier molecular flexibility index (Phi) is 4.99. The number of anilines is 1. The third kappa shape index (κ3) is 2.96. The SMILES string of the molecule is N=C(N)c1ccc(N2CCCC2CCCO)c(F)c1Br. The van der Waals surface area contributed by atoms with Crippen LogP contribution in [0.5, 0.6) is 0 Å². The normalized spacial score (nSPS) is 18.6. The summed E-state index contributed by atoms with van der Waals surface area (Å²) in [4.78, 5) is 2.06. The first-order chi connectivity index (χ1) is 9.56. The fourth-order valence-corrected chi connectivity index (χ4v) is 3.30. The second-order valence-electron chi connectivity index (χ2n) is 5.03. The maximum absolute atomic E-state index is 14.5. The van der Waals surface area contributed by atoms with Crippen LogP contribution in [-0.2, 0) is 0 Å². The molecule has 20 heavy (non-hydrogen) atoms. The maximum atomic E-state index is 14.5. The van der Waals surface area contributed by atoms with E-state index in [2.05, 4.69) is 20.8 Å². The number of amidine groups is 1. The Balaban J connectivity index is 2.28. The first kappa shape index (κ1) is 15.3. The highest BCUT2D eigenvalue weighted by Crippen LogP contribution is 2.34. The van der Waals surface area contributed by atoms with Crippen molar-refractivity contribution in [1.29, 1.82) is 5.41 Å². The molecule has 6 heteroatoms. The van der Waals surface area contributed by atoms with Gasteiger partial charge in [0.05, 0.1) is 10.2 Å². The molecule has 1 heterocycles. The monoisotopic (exact) mass is 343 g/mol. The van der Waals surface area contributed by atoms with Crippen LogP contribution in [0, 0.1) is 11.2 Å². The van der Waals surface area contributed by atoms with Gasteiger partial charge < -0.3 is 15.7 Å². The zero-order valence-electron chi connectivity index (χ0n) is 11.2. The Morgan fingerprint density at radius 3 is 2.95 bits per heavy atom. The molecule has 4 nitrogen and oxygen atoms in total. The van der Waals surface area contributed by atoms with Crippen molar-refractivity contribution >= 4 is 27.5 Å². The van der Waals surface area contributed by atoms with Crippen LogP contribution in [0.2, 0.25) is 0 Å². The average Bonchev–Trinajstić information content (AvgIpc) is 2.87. The molecular weight excluding hydrogens is 325 g/mol. The summed E-state index contributed by atoms with van der Waals surface area (Å²) < 4.78 is 14.7. The van der Waals surface area contributed by atoms with Gasteiger partial charge in [-0.15, -0.1) is 0 Å². The lowest BCUT2D eigenvalue weighted by atomic mass is 10.1. The van der Waals surface area contributed by atoms with Crippen LogP contribution >= 0.6 is 15.9 Å². The predicted molar refractivity (Wildman–Crippen MR) is 81.8 cm³/mol. The van der Waals surface area contributed by atoms with Crippen molar-refractivity contribution in [3.63, 3.8) is 0 Å². The lowest BCUT2D eigenvalue weighted by molar-refractivity contribution is 0.279. The molecule has 1 fully saturated rings. The van der Waals surface area contributed by atoms with E-state index < -0.39 is 0 Å². The minimum Gasteiger partial charge on any atom is -0.396 e. The van der Waals surface area contributed by atoms with Crippen molar-refractivity contribution in [2.45, 2.75) is 31.7 Å². The van der Waals surface area contributed by atoms with Gasteiger partial charge in [-0.25, -0.2) is 4.39 Å². The van der Waals surface area contributed by atoms with Crippen molar-refractivity contribution in [1.82, 2.24) is 0 Å². The Bertz CT molecular complexity index is 509. The van der Waals surface area contributed by atoms with Gasteiger partial charge in [-0.2, -0.15) is 0 Å². The van der Waals surface area contributed by atoms with E-state index in [0.717, 1.165) is 32.2 Å². The number of aliphatic hydroxyl groups is 1. The molecule has 1 aliphatic rings. The third-order valence-corrected chi connectivity index (χ3v) is 4.51. The molecule has 0 bridgehead atoms. The van der Waals surface area contributed by atoms with E-state index in [-0.39, 0.29) is 28.8 Å². The summed E-state index contributed by atoms with van der Waals surface area (Å²) >= 11 is 3.19. The Morgan fingerprint density at radius 1 is 1.55 bits per heavy atom. The van der Waals surface area contributed by atoms with Gasteiger partial charge in [0.2, 0.25) is 0 Å². The van der Waals surface area contributed by atoms with Crippen LogP contribution < -0.4 is 10.6 Å². The molecule has 0 aromatic heterocycles. The molecule has 1 unspecified atom stereocenters. The lowest BCUT2D eigenvalue weighted by Crippen LogP contribution is -2.30. The molecule has 110 valence electrons. The van der Waals surface area contributed by atoms with Crippen molar-refractivity contribution in [2.24, 2.45) is 5.73 Å². The van der Waals surface area contributed by atoms with Gasteiger partial charge in [-0.3, -0.25) is 5.41 Å². The minimum absolute atomic E-state index is 0.152. The molecule has 0 aliphatic carbocycles. The van der Waals surface area contributed by atoms with Crippen LogP contribution in [0.1, 0.15) is 31.2 Å². The summed E-state index contributed by atoms with van der Waals surface area (Å²) in [7, 11) is 0. The van der Waals surface area contributed by atoms with Gasteiger partial charge in [0.15, 0.2) is 5.82 Å². The number of hydrogen-bond donors (Lipinski definition) is 3. The highest BCUT2D eigenvalue weighted by Gasteiger charge is 2.27. The van der Waals surface area contributed by atoms with Crippen molar-refractivity contribution in [3.8, 4) is 0 Å². The average molecular weight is 344 g/mol. The van der Waals surface area contributed by atoms with E-state index in [1.807, 2.05) is 0 Å². The summed E-state index contributed by atoms with van der Waals surface area (Å²) in [6.45, 7) is 0.985. The van der Waals surface area contributed by atoms with Crippen LogP contribution in [0.3, 0.4) is 0 Å². The molecule has 1 saturated heterocycles. The number of hydrogen-bond acceptors (Lipinski definition) is 3. The predicted octanol–water partition coefficient (Wildman–Crippen LogP) is 2.61. The molecule has 0 radical (unpaired) electrons. The van der Waals surface area contributed by atoms with Gasteiger partial charge in [0.25, 0.3) is 0 Å². The van der Waals surface area contributed by atoms with E-state index in [0.29, 0.717) is 11.3 Å². The number of aliphatic hydroxyl groups excluding tert-OH is 1. The smallest absolute Gasteiger partial charge is 0.161 e. The van der Waals surface area contributed by atoms with Crippen molar-refractivity contribution in [2.75, 3.05) is 18.1 Å². The van der Waals surface area contributed by atoms with Crippen LogP contribution in [-0.4, -0.2) is 30.1 Å². The summed E-state index contributed by atoms with van der Waals surface area (Å²) in [6, 6.07) is 3.63. The van der Waals surface area contributed by atoms with Crippen molar-refractivity contribution in [3.05, 3.63) is 28.0 Å². The van der Waals surface area contributed by atoms with Gasteiger partial charge in [0.1, 0.15) is 5.84 Å². The number of nitrogens with zero attached hydrogens (tertiary/aromatic N) is 1.